The van der Waals surface area contributed by atoms with Gasteiger partial charge in [-0.05, 0) is 12.5 Å². The van der Waals surface area contributed by atoms with Crippen LogP contribution in [0.15, 0.2) is 47.4 Å². The van der Waals surface area contributed by atoms with Crippen LogP contribution >= 0.6 is 24.0 Å². The van der Waals surface area contributed by atoms with Gasteiger partial charge < -0.3 is 5.73 Å². The SMILES string of the molecule is Cc1cccc(-c2sc(N)nc2-c2cccc([N+](=O)[O-])c2)c1S. The van der Waals surface area contributed by atoms with Crippen molar-refractivity contribution >= 4 is 34.8 Å². The van der Waals surface area contributed by atoms with Crippen molar-refractivity contribution in [3.63, 3.8) is 0 Å². The molecule has 0 radical (unpaired) electrons. The Morgan fingerprint density at radius 1 is 1.26 bits per heavy atom. The third-order valence-electron chi connectivity index (χ3n) is 3.46. The Labute approximate surface area is 142 Å². The number of anilines is 1. The molecule has 0 unspecified atom stereocenters. The normalized spacial score (nSPS) is 10.7. The van der Waals surface area contributed by atoms with E-state index >= 15 is 0 Å². The Bertz CT molecular complexity index is 906. The molecule has 2 aromatic carbocycles. The minimum Gasteiger partial charge on any atom is -0.375 e. The average molecular weight is 343 g/mol. The fourth-order valence-corrected chi connectivity index (χ4v) is 3.55. The lowest BCUT2D eigenvalue weighted by molar-refractivity contribution is -0.384. The largest absolute Gasteiger partial charge is 0.375 e. The topological polar surface area (TPSA) is 82.0 Å². The molecule has 0 aliphatic heterocycles. The van der Waals surface area contributed by atoms with Gasteiger partial charge in [0.1, 0.15) is 0 Å². The first-order valence-corrected chi connectivity index (χ1v) is 8.04. The molecular formula is C16H13N3O2S2. The number of benzene rings is 2. The number of nitro benzene ring substituents is 1. The third kappa shape index (κ3) is 2.93. The van der Waals surface area contributed by atoms with Crippen LogP contribution in [0.5, 0.6) is 0 Å². The van der Waals surface area contributed by atoms with Crippen LogP contribution in [-0.2, 0) is 0 Å². The molecule has 2 N–H and O–H groups in total. The molecule has 7 heteroatoms. The fraction of sp³-hybridized carbons (Fsp3) is 0.0625. The van der Waals surface area contributed by atoms with E-state index in [2.05, 4.69) is 17.6 Å². The monoisotopic (exact) mass is 343 g/mol. The zero-order valence-electron chi connectivity index (χ0n) is 12.2. The summed E-state index contributed by atoms with van der Waals surface area (Å²) in [6.07, 6.45) is 0. The van der Waals surface area contributed by atoms with E-state index in [1.54, 1.807) is 12.1 Å². The van der Waals surface area contributed by atoms with E-state index in [-0.39, 0.29) is 5.69 Å². The first-order chi connectivity index (χ1) is 11.0. The van der Waals surface area contributed by atoms with Crippen LogP contribution in [0.2, 0.25) is 0 Å². The molecule has 0 atom stereocenters. The van der Waals surface area contributed by atoms with E-state index in [9.17, 15) is 10.1 Å². The summed E-state index contributed by atoms with van der Waals surface area (Å²) in [4.78, 5) is 16.6. The number of aryl methyl sites for hydroxylation is 1. The van der Waals surface area contributed by atoms with Gasteiger partial charge >= 0.3 is 0 Å². The molecule has 0 saturated carbocycles. The van der Waals surface area contributed by atoms with Gasteiger partial charge in [-0.2, -0.15) is 0 Å². The molecule has 0 aliphatic carbocycles. The lowest BCUT2D eigenvalue weighted by Gasteiger charge is -2.08. The van der Waals surface area contributed by atoms with Crippen LogP contribution in [-0.4, -0.2) is 9.91 Å². The summed E-state index contributed by atoms with van der Waals surface area (Å²) in [5.74, 6) is 0. The maximum absolute atomic E-state index is 11.0. The maximum Gasteiger partial charge on any atom is 0.270 e. The molecule has 5 nitrogen and oxygen atoms in total. The number of thiol groups is 1. The molecule has 0 saturated heterocycles. The molecule has 3 rings (SSSR count). The second-order valence-electron chi connectivity index (χ2n) is 5.01. The zero-order chi connectivity index (χ0) is 16.6. The van der Waals surface area contributed by atoms with Crippen LogP contribution in [0.25, 0.3) is 21.7 Å². The van der Waals surface area contributed by atoms with Crippen molar-refractivity contribution in [1.82, 2.24) is 4.98 Å². The predicted molar refractivity (Wildman–Crippen MR) is 96.0 cm³/mol. The van der Waals surface area contributed by atoms with Gasteiger partial charge in [-0.25, -0.2) is 4.98 Å². The highest BCUT2D eigenvalue weighted by Crippen LogP contribution is 2.41. The standard InChI is InChI=1S/C16H13N3O2S2/c1-9-4-2-7-12(14(9)22)15-13(18-16(17)23-15)10-5-3-6-11(8-10)19(20)21/h2-8,22H,1H3,(H2,17,18). The number of nitro groups is 1. The third-order valence-corrected chi connectivity index (χ3v) is 4.97. The van der Waals surface area contributed by atoms with Gasteiger partial charge in [-0.15, -0.1) is 12.6 Å². The van der Waals surface area contributed by atoms with Gasteiger partial charge in [0.15, 0.2) is 5.13 Å². The van der Waals surface area contributed by atoms with E-state index < -0.39 is 4.92 Å². The number of rotatable bonds is 3. The van der Waals surface area contributed by atoms with Gasteiger partial charge in [-0.3, -0.25) is 10.1 Å². The molecule has 3 aromatic rings. The van der Waals surface area contributed by atoms with E-state index in [4.69, 9.17) is 5.73 Å². The molecule has 0 spiro atoms. The van der Waals surface area contributed by atoms with E-state index in [1.807, 2.05) is 25.1 Å². The van der Waals surface area contributed by atoms with Crippen molar-refractivity contribution in [3.05, 3.63) is 58.1 Å². The van der Waals surface area contributed by atoms with Crippen LogP contribution in [0, 0.1) is 17.0 Å². The Morgan fingerprint density at radius 3 is 2.74 bits per heavy atom. The van der Waals surface area contributed by atoms with Gasteiger partial charge in [0.25, 0.3) is 5.69 Å². The number of nitrogen functional groups attached to an aromatic ring is 1. The lowest BCUT2D eigenvalue weighted by atomic mass is 10.0. The van der Waals surface area contributed by atoms with Crippen molar-refractivity contribution in [2.75, 3.05) is 5.73 Å². The van der Waals surface area contributed by atoms with Gasteiger partial charge in [-0.1, -0.05) is 41.7 Å². The number of aromatic nitrogens is 1. The van der Waals surface area contributed by atoms with E-state index in [0.717, 1.165) is 20.9 Å². The zero-order valence-corrected chi connectivity index (χ0v) is 13.9. The molecule has 0 fully saturated rings. The van der Waals surface area contributed by atoms with Crippen molar-refractivity contribution in [2.45, 2.75) is 11.8 Å². The summed E-state index contributed by atoms with van der Waals surface area (Å²) in [7, 11) is 0. The Balaban J connectivity index is 2.21. The van der Waals surface area contributed by atoms with Crippen LogP contribution in [0.3, 0.4) is 0 Å². The first-order valence-electron chi connectivity index (χ1n) is 6.77. The van der Waals surface area contributed by atoms with Gasteiger partial charge in [0.2, 0.25) is 0 Å². The maximum atomic E-state index is 11.0. The van der Waals surface area contributed by atoms with Crippen molar-refractivity contribution in [1.29, 1.82) is 0 Å². The predicted octanol–water partition coefficient (Wildman–Crippen LogP) is 4.56. The molecule has 1 aromatic heterocycles. The number of nitrogens with two attached hydrogens (primary N) is 1. The molecule has 0 aliphatic rings. The van der Waals surface area contributed by atoms with Gasteiger partial charge in [0, 0.05) is 28.2 Å². The summed E-state index contributed by atoms with van der Waals surface area (Å²) in [5.41, 5.74) is 9.18. The second kappa shape index (κ2) is 6.02. The van der Waals surface area contributed by atoms with Crippen molar-refractivity contribution < 1.29 is 4.92 Å². The highest BCUT2D eigenvalue weighted by Gasteiger charge is 2.18. The fourth-order valence-electron chi connectivity index (χ4n) is 2.32. The highest BCUT2D eigenvalue weighted by atomic mass is 32.1. The van der Waals surface area contributed by atoms with E-state index in [0.29, 0.717) is 16.4 Å². The number of hydrogen-bond acceptors (Lipinski definition) is 6. The number of non-ortho nitro benzene ring substituents is 1. The minimum absolute atomic E-state index is 0.0235. The summed E-state index contributed by atoms with van der Waals surface area (Å²) >= 11 is 5.92. The molecule has 23 heavy (non-hydrogen) atoms. The van der Waals surface area contributed by atoms with E-state index in [1.165, 1.54) is 23.5 Å². The number of nitrogens with zero attached hydrogens (tertiary/aromatic N) is 2. The molecule has 0 bridgehead atoms. The Kier molecular flexibility index (Phi) is 4.06. The van der Waals surface area contributed by atoms with Crippen LogP contribution < -0.4 is 5.73 Å². The molecular weight excluding hydrogens is 330 g/mol. The smallest absolute Gasteiger partial charge is 0.270 e. The highest BCUT2D eigenvalue weighted by molar-refractivity contribution is 7.80. The summed E-state index contributed by atoms with van der Waals surface area (Å²) in [6, 6.07) is 12.3. The quantitative estimate of drug-likeness (QED) is 0.415. The Morgan fingerprint density at radius 2 is 2.00 bits per heavy atom. The Hall–Kier alpha value is -2.38. The number of hydrogen-bond donors (Lipinski definition) is 2. The molecule has 0 amide bonds. The van der Waals surface area contributed by atoms with Crippen molar-refractivity contribution in [3.8, 4) is 21.7 Å². The molecule has 116 valence electrons. The summed E-state index contributed by atoms with van der Waals surface area (Å²) in [5, 5.41) is 11.4. The van der Waals surface area contributed by atoms with Gasteiger partial charge in [0.05, 0.1) is 15.5 Å². The van der Waals surface area contributed by atoms with Crippen LogP contribution in [0.4, 0.5) is 10.8 Å². The lowest BCUT2D eigenvalue weighted by Crippen LogP contribution is -1.90. The molecule has 1 heterocycles. The number of thiazole rings is 1. The van der Waals surface area contributed by atoms with Crippen LogP contribution in [0.1, 0.15) is 5.56 Å². The van der Waals surface area contributed by atoms with Crippen molar-refractivity contribution in [2.24, 2.45) is 0 Å². The minimum atomic E-state index is -0.421. The first kappa shape index (κ1) is 15.5. The summed E-state index contributed by atoms with van der Waals surface area (Å²) < 4.78 is 0. The average Bonchev–Trinajstić information content (AvgIpc) is 2.92. The summed E-state index contributed by atoms with van der Waals surface area (Å²) in [6.45, 7) is 1.98. The second-order valence-corrected chi connectivity index (χ2v) is 6.49.